The molecule has 0 radical (unpaired) electrons. The fourth-order valence-electron chi connectivity index (χ4n) is 3.30. The molecule has 158 valence electrons. The van der Waals surface area contributed by atoms with Gasteiger partial charge in [-0.3, -0.25) is 9.59 Å². The Balaban J connectivity index is 1.75. The highest BCUT2D eigenvalue weighted by atomic mass is 35.5. The van der Waals surface area contributed by atoms with Gasteiger partial charge >= 0.3 is 0 Å². The quantitative estimate of drug-likeness (QED) is 0.496. The summed E-state index contributed by atoms with van der Waals surface area (Å²) in [5, 5.41) is 5.30. The summed E-state index contributed by atoms with van der Waals surface area (Å²) in [4.78, 5) is 28.6. The van der Waals surface area contributed by atoms with Crippen LogP contribution in [0.4, 0.5) is 11.4 Å². The second-order valence-electron chi connectivity index (χ2n) is 6.58. The number of amides is 2. The van der Waals surface area contributed by atoms with Crippen LogP contribution in [0.15, 0.2) is 65.7 Å². The number of thiophene rings is 1. The molecule has 0 unspecified atom stereocenters. The highest BCUT2D eigenvalue weighted by Crippen LogP contribution is 2.38. The van der Waals surface area contributed by atoms with Crippen molar-refractivity contribution in [2.45, 2.75) is 6.92 Å². The van der Waals surface area contributed by atoms with Gasteiger partial charge in [0.05, 0.1) is 30.0 Å². The molecule has 8 heteroatoms. The summed E-state index contributed by atoms with van der Waals surface area (Å²) in [6, 6.07) is 15.7. The maximum absolute atomic E-state index is 13.4. The van der Waals surface area contributed by atoms with Crippen molar-refractivity contribution in [3.63, 3.8) is 0 Å². The molecule has 0 aliphatic carbocycles. The molecule has 0 fully saturated rings. The van der Waals surface area contributed by atoms with Crippen LogP contribution in [0.3, 0.4) is 0 Å². The number of methoxy groups -OCH3 is 1. The molecule has 6 nitrogen and oxygen atoms in total. The number of ether oxygens (including phenoxy) is 2. The minimum Gasteiger partial charge on any atom is -0.495 e. The first-order chi connectivity index (χ1) is 15.0. The fraction of sp³-hybridized carbons (Fsp3) is 0.130. The lowest BCUT2D eigenvalue weighted by Crippen LogP contribution is -2.32. The SMILES string of the molecule is CCOc1cccc(NC2=C(c3cccs3)C(=O)N(c3ccc(OC)c(Cl)c3)C2=O)c1. The lowest BCUT2D eigenvalue weighted by atomic mass is 10.2. The highest BCUT2D eigenvalue weighted by Gasteiger charge is 2.41. The molecular weight excluding hydrogens is 436 g/mol. The average Bonchev–Trinajstić information content (AvgIpc) is 3.35. The third-order valence-corrected chi connectivity index (χ3v) is 5.84. The first-order valence-corrected chi connectivity index (χ1v) is 10.8. The smallest absolute Gasteiger partial charge is 0.282 e. The van der Waals surface area contributed by atoms with Gasteiger partial charge in [-0.1, -0.05) is 23.7 Å². The van der Waals surface area contributed by atoms with E-state index in [1.807, 2.05) is 42.6 Å². The maximum atomic E-state index is 13.4. The molecule has 31 heavy (non-hydrogen) atoms. The summed E-state index contributed by atoms with van der Waals surface area (Å²) in [7, 11) is 1.50. The van der Waals surface area contributed by atoms with Gasteiger partial charge in [0.25, 0.3) is 11.8 Å². The molecule has 1 aliphatic rings. The third kappa shape index (κ3) is 4.02. The van der Waals surface area contributed by atoms with E-state index in [0.29, 0.717) is 45.0 Å². The van der Waals surface area contributed by atoms with E-state index in [0.717, 1.165) is 4.90 Å². The summed E-state index contributed by atoms with van der Waals surface area (Å²) in [6.07, 6.45) is 0. The lowest BCUT2D eigenvalue weighted by molar-refractivity contribution is -0.120. The van der Waals surface area contributed by atoms with Crippen molar-refractivity contribution >= 4 is 51.7 Å². The number of nitrogens with one attached hydrogen (secondary N) is 1. The minimum absolute atomic E-state index is 0.202. The van der Waals surface area contributed by atoms with Crippen LogP contribution in [0, 0.1) is 0 Å². The summed E-state index contributed by atoms with van der Waals surface area (Å²) in [5.41, 5.74) is 1.53. The molecule has 1 aromatic heterocycles. The Labute approximate surface area is 188 Å². The van der Waals surface area contributed by atoms with E-state index in [9.17, 15) is 9.59 Å². The zero-order chi connectivity index (χ0) is 22.0. The van der Waals surface area contributed by atoms with Crippen LogP contribution in [-0.2, 0) is 9.59 Å². The number of hydrogen-bond acceptors (Lipinski definition) is 6. The van der Waals surface area contributed by atoms with E-state index in [4.69, 9.17) is 21.1 Å². The molecule has 0 spiro atoms. The van der Waals surface area contributed by atoms with Crippen LogP contribution in [0.2, 0.25) is 5.02 Å². The highest BCUT2D eigenvalue weighted by molar-refractivity contribution is 7.11. The van der Waals surface area contributed by atoms with Gasteiger partial charge in [-0.15, -0.1) is 11.3 Å². The Kier molecular flexibility index (Phi) is 5.97. The molecule has 4 rings (SSSR count). The molecule has 2 aromatic carbocycles. The molecule has 0 saturated heterocycles. The van der Waals surface area contributed by atoms with Crippen molar-refractivity contribution in [3.8, 4) is 11.5 Å². The van der Waals surface area contributed by atoms with Crippen molar-refractivity contribution in [2.75, 3.05) is 23.9 Å². The summed E-state index contributed by atoms with van der Waals surface area (Å²) < 4.78 is 10.7. The normalized spacial score (nSPS) is 13.7. The first kappa shape index (κ1) is 21.0. The topological polar surface area (TPSA) is 67.9 Å². The van der Waals surface area contributed by atoms with E-state index < -0.39 is 11.8 Å². The van der Waals surface area contributed by atoms with Gasteiger partial charge < -0.3 is 14.8 Å². The number of carbonyl (C=O) groups is 2. The van der Waals surface area contributed by atoms with Gasteiger partial charge in [0.1, 0.15) is 17.2 Å². The Morgan fingerprint density at radius 1 is 1.06 bits per heavy atom. The molecule has 0 atom stereocenters. The van der Waals surface area contributed by atoms with Crippen molar-refractivity contribution in [3.05, 3.63) is 75.6 Å². The van der Waals surface area contributed by atoms with Crippen molar-refractivity contribution in [1.29, 1.82) is 0 Å². The van der Waals surface area contributed by atoms with E-state index in [-0.39, 0.29) is 5.70 Å². The van der Waals surface area contributed by atoms with E-state index in [2.05, 4.69) is 5.32 Å². The molecule has 1 N–H and O–H groups in total. The third-order valence-electron chi connectivity index (χ3n) is 4.66. The number of rotatable bonds is 7. The van der Waals surface area contributed by atoms with Gasteiger partial charge in [0, 0.05) is 16.6 Å². The van der Waals surface area contributed by atoms with Crippen LogP contribution in [0.1, 0.15) is 11.8 Å². The number of hydrogen-bond donors (Lipinski definition) is 1. The number of carbonyl (C=O) groups excluding carboxylic acids is 2. The Morgan fingerprint density at radius 3 is 2.58 bits per heavy atom. The van der Waals surface area contributed by atoms with Crippen LogP contribution in [-0.4, -0.2) is 25.5 Å². The number of halogens is 1. The van der Waals surface area contributed by atoms with Crippen molar-refractivity contribution in [1.82, 2.24) is 0 Å². The van der Waals surface area contributed by atoms with E-state index in [1.54, 1.807) is 24.3 Å². The lowest BCUT2D eigenvalue weighted by Gasteiger charge is -2.16. The second-order valence-corrected chi connectivity index (χ2v) is 7.93. The van der Waals surface area contributed by atoms with Crippen LogP contribution >= 0.6 is 22.9 Å². The van der Waals surface area contributed by atoms with Crippen molar-refractivity contribution in [2.24, 2.45) is 0 Å². The number of nitrogens with zero attached hydrogens (tertiary/aromatic N) is 1. The summed E-state index contributed by atoms with van der Waals surface area (Å²) in [5.74, 6) is 0.247. The number of benzene rings is 2. The van der Waals surface area contributed by atoms with Gasteiger partial charge in [-0.25, -0.2) is 4.90 Å². The summed E-state index contributed by atoms with van der Waals surface area (Å²) in [6.45, 7) is 2.42. The largest absolute Gasteiger partial charge is 0.495 e. The molecule has 1 aliphatic heterocycles. The van der Waals surface area contributed by atoms with Gasteiger partial charge in [0.15, 0.2) is 0 Å². The van der Waals surface area contributed by atoms with Crippen LogP contribution in [0.5, 0.6) is 11.5 Å². The standard InChI is InChI=1S/C23H19ClN2O4S/c1-3-30-16-7-4-6-14(12-16)25-21-20(19-8-5-11-31-19)22(27)26(23(21)28)15-9-10-18(29-2)17(24)13-15/h4-13,25H,3H2,1-2H3. The molecule has 2 amide bonds. The minimum atomic E-state index is -0.462. The maximum Gasteiger partial charge on any atom is 0.282 e. The summed E-state index contributed by atoms with van der Waals surface area (Å²) >= 11 is 7.63. The average molecular weight is 455 g/mol. The van der Waals surface area contributed by atoms with E-state index >= 15 is 0 Å². The molecule has 0 saturated carbocycles. The molecule has 0 bridgehead atoms. The zero-order valence-corrected chi connectivity index (χ0v) is 18.4. The first-order valence-electron chi connectivity index (χ1n) is 9.53. The Hall–Kier alpha value is -3.29. The predicted molar refractivity (Wildman–Crippen MR) is 123 cm³/mol. The molecular formula is C23H19ClN2O4S. The monoisotopic (exact) mass is 454 g/mol. The predicted octanol–water partition coefficient (Wildman–Crippen LogP) is 5.21. The molecule has 3 aromatic rings. The van der Waals surface area contributed by atoms with Gasteiger partial charge in [0.2, 0.25) is 0 Å². The van der Waals surface area contributed by atoms with Crippen molar-refractivity contribution < 1.29 is 19.1 Å². The second kappa shape index (κ2) is 8.83. The van der Waals surface area contributed by atoms with E-state index in [1.165, 1.54) is 18.4 Å². The number of anilines is 2. The zero-order valence-electron chi connectivity index (χ0n) is 16.8. The Bertz CT molecular complexity index is 1170. The van der Waals surface area contributed by atoms with Crippen LogP contribution < -0.4 is 19.7 Å². The van der Waals surface area contributed by atoms with Gasteiger partial charge in [-0.05, 0) is 48.7 Å². The number of imide groups is 1. The van der Waals surface area contributed by atoms with Gasteiger partial charge in [-0.2, -0.15) is 0 Å². The molecule has 2 heterocycles. The Morgan fingerprint density at radius 2 is 1.90 bits per heavy atom. The van der Waals surface area contributed by atoms with Crippen LogP contribution in [0.25, 0.3) is 5.57 Å². The fourth-order valence-corrected chi connectivity index (χ4v) is 4.32.